The highest BCUT2D eigenvalue weighted by molar-refractivity contribution is 5.66. The minimum absolute atomic E-state index is 0.461. The van der Waals surface area contributed by atoms with Crippen molar-refractivity contribution in [1.82, 2.24) is 9.97 Å². The highest BCUT2D eigenvalue weighted by Crippen LogP contribution is 2.48. The number of aromatic nitrogens is 2. The number of anilines is 2. The van der Waals surface area contributed by atoms with Crippen molar-refractivity contribution in [2.45, 2.75) is 33.1 Å². The zero-order valence-corrected chi connectivity index (χ0v) is 10.5. The van der Waals surface area contributed by atoms with Gasteiger partial charge in [0.15, 0.2) is 5.82 Å². The second-order valence-corrected chi connectivity index (χ2v) is 4.58. The van der Waals surface area contributed by atoms with Crippen molar-refractivity contribution in [3.05, 3.63) is 6.33 Å². The van der Waals surface area contributed by atoms with Crippen LogP contribution < -0.4 is 15.8 Å². The normalized spacial score (nSPS) is 16.6. The fourth-order valence-electron chi connectivity index (χ4n) is 1.88. The standard InChI is InChI=1S/C12H20N4O/c1-3-12(5-6-12)7-14-10-9(13)11(17-4-2)16-8-15-10/h8H,3-7,13H2,1-2H3,(H,14,15,16). The molecule has 1 aliphatic rings. The van der Waals surface area contributed by atoms with Gasteiger partial charge in [-0.3, -0.25) is 0 Å². The first kappa shape index (κ1) is 12.0. The van der Waals surface area contributed by atoms with Gasteiger partial charge in [-0.1, -0.05) is 6.92 Å². The highest BCUT2D eigenvalue weighted by atomic mass is 16.5. The molecule has 5 heteroatoms. The van der Waals surface area contributed by atoms with Crippen molar-refractivity contribution in [2.24, 2.45) is 5.41 Å². The van der Waals surface area contributed by atoms with Gasteiger partial charge in [0.05, 0.1) is 6.61 Å². The van der Waals surface area contributed by atoms with Gasteiger partial charge in [0.25, 0.3) is 0 Å². The Balaban J connectivity index is 2.03. The summed E-state index contributed by atoms with van der Waals surface area (Å²) in [7, 11) is 0. The molecule has 1 aliphatic carbocycles. The Morgan fingerprint density at radius 1 is 1.41 bits per heavy atom. The Kier molecular flexibility index (Phi) is 3.36. The fraction of sp³-hybridized carbons (Fsp3) is 0.667. The van der Waals surface area contributed by atoms with E-state index in [9.17, 15) is 0 Å². The van der Waals surface area contributed by atoms with Crippen LogP contribution in [0.15, 0.2) is 6.33 Å². The average molecular weight is 236 g/mol. The molecule has 0 spiro atoms. The summed E-state index contributed by atoms with van der Waals surface area (Å²) in [5, 5.41) is 3.31. The number of rotatable bonds is 6. The molecule has 1 heterocycles. The van der Waals surface area contributed by atoms with Crippen molar-refractivity contribution < 1.29 is 4.74 Å². The SMILES string of the molecule is CCOc1ncnc(NCC2(CC)CC2)c1N. The summed E-state index contributed by atoms with van der Waals surface area (Å²) in [5.41, 5.74) is 6.91. The summed E-state index contributed by atoms with van der Waals surface area (Å²) in [6, 6.07) is 0. The molecule has 1 aromatic rings. The van der Waals surface area contributed by atoms with E-state index in [4.69, 9.17) is 10.5 Å². The van der Waals surface area contributed by atoms with Crippen LogP contribution in [0.5, 0.6) is 5.88 Å². The van der Waals surface area contributed by atoms with Crippen LogP contribution in [0.25, 0.3) is 0 Å². The number of nitrogens with one attached hydrogen (secondary N) is 1. The number of hydrogen-bond acceptors (Lipinski definition) is 5. The minimum Gasteiger partial charge on any atom is -0.476 e. The first-order chi connectivity index (χ1) is 8.21. The van der Waals surface area contributed by atoms with Crippen molar-refractivity contribution in [1.29, 1.82) is 0 Å². The molecular formula is C12H20N4O. The number of nitrogens with two attached hydrogens (primary N) is 1. The van der Waals surface area contributed by atoms with E-state index < -0.39 is 0 Å². The van der Waals surface area contributed by atoms with Gasteiger partial charge in [0, 0.05) is 6.54 Å². The molecule has 0 aromatic carbocycles. The van der Waals surface area contributed by atoms with Crippen LogP contribution in [0.3, 0.4) is 0 Å². The number of hydrogen-bond donors (Lipinski definition) is 2. The van der Waals surface area contributed by atoms with Gasteiger partial charge < -0.3 is 15.8 Å². The molecular weight excluding hydrogens is 216 g/mol. The lowest BCUT2D eigenvalue weighted by Gasteiger charge is -2.15. The Hall–Kier alpha value is -1.52. The molecule has 0 bridgehead atoms. The lowest BCUT2D eigenvalue weighted by molar-refractivity contribution is 0.328. The largest absolute Gasteiger partial charge is 0.476 e. The van der Waals surface area contributed by atoms with Crippen LogP contribution in [-0.4, -0.2) is 23.1 Å². The molecule has 0 radical (unpaired) electrons. The van der Waals surface area contributed by atoms with E-state index in [0.717, 1.165) is 6.54 Å². The molecule has 0 aliphatic heterocycles. The first-order valence-corrected chi connectivity index (χ1v) is 6.18. The first-order valence-electron chi connectivity index (χ1n) is 6.18. The lowest BCUT2D eigenvalue weighted by Crippen LogP contribution is -2.16. The van der Waals surface area contributed by atoms with Crippen molar-refractivity contribution in [3.63, 3.8) is 0 Å². The Morgan fingerprint density at radius 3 is 2.76 bits per heavy atom. The van der Waals surface area contributed by atoms with Gasteiger partial charge >= 0.3 is 0 Å². The molecule has 1 fully saturated rings. The molecule has 5 nitrogen and oxygen atoms in total. The molecule has 1 aromatic heterocycles. The van der Waals surface area contributed by atoms with Crippen LogP contribution in [0.4, 0.5) is 11.5 Å². The molecule has 0 amide bonds. The third kappa shape index (κ3) is 2.60. The van der Waals surface area contributed by atoms with Crippen molar-refractivity contribution >= 4 is 11.5 Å². The summed E-state index contributed by atoms with van der Waals surface area (Å²) in [4.78, 5) is 8.17. The molecule has 2 rings (SSSR count). The summed E-state index contributed by atoms with van der Waals surface area (Å²) in [6.45, 7) is 5.62. The maximum Gasteiger partial charge on any atom is 0.242 e. The highest BCUT2D eigenvalue weighted by Gasteiger charge is 2.40. The molecule has 17 heavy (non-hydrogen) atoms. The Bertz CT molecular complexity index is 390. The predicted octanol–water partition coefficient (Wildman–Crippen LogP) is 2.06. The van der Waals surface area contributed by atoms with E-state index in [-0.39, 0.29) is 0 Å². The predicted molar refractivity (Wildman–Crippen MR) is 68.1 cm³/mol. The summed E-state index contributed by atoms with van der Waals surface area (Å²) >= 11 is 0. The molecule has 0 atom stereocenters. The van der Waals surface area contributed by atoms with Gasteiger partial charge in [0.1, 0.15) is 12.0 Å². The van der Waals surface area contributed by atoms with Crippen LogP contribution >= 0.6 is 0 Å². The second-order valence-electron chi connectivity index (χ2n) is 4.58. The molecule has 3 N–H and O–H groups in total. The summed E-state index contributed by atoms with van der Waals surface area (Å²) in [5.74, 6) is 1.15. The van der Waals surface area contributed by atoms with Gasteiger partial charge in [0.2, 0.25) is 5.88 Å². The number of ether oxygens (including phenoxy) is 1. The number of nitrogen functional groups attached to an aromatic ring is 1. The molecule has 1 saturated carbocycles. The van der Waals surface area contributed by atoms with Crippen LogP contribution in [-0.2, 0) is 0 Å². The lowest BCUT2D eigenvalue weighted by atomic mass is 10.0. The summed E-state index contributed by atoms with van der Waals surface area (Å²) < 4.78 is 5.34. The average Bonchev–Trinajstić information content (AvgIpc) is 3.11. The van der Waals surface area contributed by atoms with Crippen molar-refractivity contribution in [2.75, 3.05) is 24.2 Å². The van der Waals surface area contributed by atoms with Crippen LogP contribution in [0, 0.1) is 5.41 Å². The zero-order valence-electron chi connectivity index (χ0n) is 10.5. The van der Waals surface area contributed by atoms with Crippen LogP contribution in [0.1, 0.15) is 33.1 Å². The topological polar surface area (TPSA) is 73.1 Å². The van der Waals surface area contributed by atoms with E-state index in [0.29, 0.717) is 29.4 Å². The number of nitrogens with zero attached hydrogens (tertiary/aromatic N) is 2. The molecule has 0 unspecified atom stereocenters. The van der Waals surface area contributed by atoms with Gasteiger partial charge in [-0.2, -0.15) is 4.98 Å². The molecule has 94 valence electrons. The fourth-order valence-corrected chi connectivity index (χ4v) is 1.88. The Labute approximate surface area is 102 Å². The minimum atomic E-state index is 0.461. The van der Waals surface area contributed by atoms with Crippen LogP contribution in [0.2, 0.25) is 0 Å². The van der Waals surface area contributed by atoms with Gasteiger partial charge in [-0.05, 0) is 31.6 Å². The maximum atomic E-state index is 5.95. The third-order valence-corrected chi connectivity index (χ3v) is 3.47. The smallest absolute Gasteiger partial charge is 0.242 e. The van der Waals surface area contributed by atoms with E-state index in [1.807, 2.05) is 6.92 Å². The van der Waals surface area contributed by atoms with E-state index in [1.54, 1.807) is 0 Å². The zero-order chi connectivity index (χ0) is 12.3. The van der Waals surface area contributed by atoms with E-state index in [1.165, 1.54) is 25.6 Å². The van der Waals surface area contributed by atoms with Gasteiger partial charge in [-0.25, -0.2) is 4.98 Å². The molecule has 0 saturated heterocycles. The van der Waals surface area contributed by atoms with Gasteiger partial charge in [-0.15, -0.1) is 0 Å². The third-order valence-electron chi connectivity index (χ3n) is 3.47. The second kappa shape index (κ2) is 4.77. The quantitative estimate of drug-likeness (QED) is 0.791. The monoisotopic (exact) mass is 236 g/mol. The van der Waals surface area contributed by atoms with Crippen molar-refractivity contribution in [3.8, 4) is 5.88 Å². The Morgan fingerprint density at radius 2 is 2.18 bits per heavy atom. The van der Waals surface area contributed by atoms with E-state index in [2.05, 4.69) is 22.2 Å². The maximum absolute atomic E-state index is 5.95. The summed E-state index contributed by atoms with van der Waals surface area (Å²) in [6.07, 6.45) is 5.26. The van der Waals surface area contributed by atoms with E-state index >= 15 is 0 Å².